The van der Waals surface area contributed by atoms with E-state index in [1.165, 1.54) is 0 Å². The Bertz CT molecular complexity index is 1360. The van der Waals surface area contributed by atoms with Gasteiger partial charge in [0.1, 0.15) is 12.2 Å². The van der Waals surface area contributed by atoms with E-state index in [2.05, 4.69) is 10.3 Å². The van der Waals surface area contributed by atoms with Gasteiger partial charge < -0.3 is 14.3 Å². The second-order valence-corrected chi connectivity index (χ2v) is 7.25. The monoisotopic (exact) mass is 396 g/mol. The van der Waals surface area contributed by atoms with Gasteiger partial charge in [-0.25, -0.2) is 4.98 Å². The molecule has 148 valence electrons. The fourth-order valence-electron chi connectivity index (χ4n) is 3.88. The first-order chi connectivity index (χ1) is 14.7. The fraction of sp³-hybridized carbons (Fsp3) is 0.125. The molecule has 0 spiro atoms. The van der Waals surface area contributed by atoms with Gasteiger partial charge in [0.15, 0.2) is 5.43 Å². The number of nitrogens with zero attached hydrogens (tertiary/aromatic N) is 3. The molecule has 3 aromatic heterocycles. The Balaban J connectivity index is 1.37. The van der Waals surface area contributed by atoms with Gasteiger partial charge in [0.05, 0.1) is 16.7 Å². The second kappa shape index (κ2) is 7.48. The zero-order valence-corrected chi connectivity index (χ0v) is 16.3. The summed E-state index contributed by atoms with van der Waals surface area (Å²) in [5, 5.41) is 4.22. The van der Waals surface area contributed by atoms with Crippen molar-refractivity contribution in [3.05, 3.63) is 95.0 Å². The lowest BCUT2D eigenvalue weighted by Crippen LogP contribution is -2.30. The Kier molecular flexibility index (Phi) is 4.52. The van der Waals surface area contributed by atoms with Gasteiger partial charge in [-0.05, 0) is 36.4 Å². The molecule has 0 fully saturated rings. The summed E-state index contributed by atoms with van der Waals surface area (Å²) >= 11 is 0. The highest BCUT2D eigenvalue weighted by Gasteiger charge is 2.12. The van der Waals surface area contributed by atoms with Crippen LogP contribution in [-0.2, 0) is 17.8 Å². The number of pyridine rings is 2. The summed E-state index contributed by atoms with van der Waals surface area (Å²) in [5.74, 6) is -0.0993. The number of imidazole rings is 1. The van der Waals surface area contributed by atoms with Crippen molar-refractivity contribution in [1.82, 2.24) is 19.3 Å². The molecule has 0 atom stereocenters. The lowest BCUT2D eigenvalue weighted by Gasteiger charge is -2.15. The van der Waals surface area contributed by atoms with E-state index in [0.717, 1.165) is 22.4 Å². The maximum atomic E-state index is 12.8. The van der Waals surface area contributed by atoms with Crippen molar-refractivity contribution < 1.29 is 4.79 Å². The van der Waals surface area contributed by atoms with E-state index in [4.69, 9.17) is 0 Å². The molecular formula is C24H20N4O2. The molecule has 6 nitrogen and oxygen atoms in total. The maximum Gasteiger partial charge on any atom is 0.239 e. The van der Waals surface area contributed by atoms with Crippen molar-refractivity contribution in [3.63, 3.8) is 0 Å². The third-order valence-electron chi connectivity index (χ3n) is 5.30. The minimum Gasteiger partial charge on any atom is -0.354 e. The molecule has 0 bridgehead atoms. The number of benzene rings is 2. The summed E-state index contributed by atoms with van der Waals surface area (Å²) in [5.41, 5.74) is 3.34. The van der Waals surface area contributed by atoms with E-state index in [1.54, 1.807) is 0 Å². The third-order valence-corrected chi connectivity index (χ3v) is 5.30. The molecule has 30 heavy (non-hydrogen) atoms. The number of fused-ring (bicyclic) bond motifs is 3. The van der Waals surface area contributed by atoms with Crippen LogP contribution in [0.25, 0.3) is 27.5 Å². The Morgan fingerprint density at radius 2 is 1.57 bits per heavy atom. The average Bonchev–Trinajstić information content (AvgIpc) is 3.19. The molecule has 0 saturated carbocycles. The first-order valence-corrected chi connectivity index (χ1v) is 9.90. The summed E-state index contributed by atoms with van der Waals surface area (Å²) in [6.07, 6.45) is 4.58. The van der Waals surface area contributed by atoms with Crippen LogP contribution in [0.2, 0.25) is 0 Å². The topological polar surface area (TPSA) is 68.4 Å². The summed E-state index contributed by atoms with van der Waals surface area (Å²) in [6.45, 7) is 0.644. The smallest absolute Gasteiger partial charge is 0.239 e. The molecule has 0 unspecified atom stereocenters. The first-order valence-electron chi connectivity index (χ1n) is 9.90. The van der Waals surface area contributed by atoms with Gasteiger partial charge in [-0.15, -0.1) is 0 Å². The molecule has 0 aliphatic carbocycles. The molecule has 0 aliphatic heterocycles. The van der Waals surface area contributed by atoms with Crippen molar-refractivity contribution >= 4 is 33.4 Å². The Labute approximate surface area is 172 Å². The van der Waals surface area contributed by atoms with Gasteiger partial charge in [0, 0.05) is 36.1 Å². The van der Waals surface area contributed by atoms with Crippen molar-refractivity contribution in [2.24, 2.45) is 0 Å². The van der Waals surface area contributed by atoms with Crippen molar-refractivity contribution in [2.75, 3.05) is 6.54 Å². The van der Waals surface area contributed by atoms with Gasteiger partial charge in [0.2, 0.25) is 5.91 Å². The van der Waals surface area contributed by atoms with Crippen LogP contribution in [0.1, 0.15) is 5.69 Å². The van der Waals surface area contributed by atoms with Crippen LogP contribution >= 0.6 is 0 Å². The Morgan fingerprint density at radius 1 is 0.900 bits per heavy atom. The fourth-order valence-corrected chi connectivity index (χ4v) is 3.88. The van der Waals surface area contributed by atoms with Crippen LogP contribution in [0.5, 0.6) is 0 Å². The summed E-state index contributed by atoms with van der Waals surface area (Å²) in [6, 6.07) is 20.7. The molecule has 6 heteroatoms. The van der Waals surface area contributed by atoms with Crippen molar-refractivity contribution in [2.45, 2.75) is 13.0 Å². The Hall–Kier alpha value is -3.93. The summed E-state index contributed by atoms with van der Waals surface area (Å²) in [7, 11) is 0. The summed E-state index contributed by atoms with van der Waals surface area (Å²) < 4.78 is 3.88. The summed E-state index contributed by atoms with van der Waals surface area (Å²) in [4.78, 5) is 30.1. The quantitative estimate of drug-likeness (QED) is 0.464. The molecule has 1 N–H and O–H groups in total. The van der Waals surface area contributed by atoms with E-state index in [9.17, 15) is 9.59 Å². The maximum absolute atomic E-state index is 12.8. The highest BCUT2D eigenvalue weighted by atomic mass is 16.2. The number of hydrogen-bond acceptors (Lipinski definition) is 3. The van der Waals surface area contributed by atoms with Crippen LogP contribution in [0, 0.1) is 0 Å². The number of nitrogens with one attached hydrogen (secondary N) is 1. The van der Waals surface area contributed by atoms with Crippen LogP contribution in [0.3, 0.4) is 0 Å². The van der Waals surface area contributed by atoms with E-state index in [0.29, 0.717) is 23.7 Å². The molecule has 0 radical (unpaired) electrons. The largest absolute Gasteiger partial charge is 0.354 e. The molecule has 5 aromatic rings. The Morgan fingerprint density at radius 3 is 2.27 bits per heavy atom. The minimum atomic E-state index is -0.0993. The highest BCUT2D eigenvalue weighted by Crippen LogP contribution is 2.19. The van der Waals surface area contributed by atoms with Gasteiger partial charge in [-0.3, -0.25) is 9.59 Å². The van der Waals surface area contributed by atoms with E-state index >= 15 is 0 Å². The minimum absolute atomic E-state index is 0.00953. The molecular weight excluding hydrogens is 376 g/mol. The van der Waals surface area contributed by atoms with Crippen molar-refractivity contribution in [1.29, 1.82) is 0 Å². The van der Waals surface area contributed by atoms with E-state index in [-0.39, 0.29) is 17.9 Å². The lowest BCUT2D eigenvalue weighted by molar-refractivity contribution is -0.121. The molecule has 3 heterocycles. The van der Waals surface area contributed by atoms with Gasteiger partial charge in [0.25, 0.3) is 0 Å². The van der Waals surface area contributed by atoms with Crippen molar-refractivity contribution in [3.8, 4) is 0 Å². The number of hydrogen-bond donors (Lipinski definition) is 1. The SMILES string of the molecule is O=C(Cn1c2ccccc2c(=O)c2ccccc21)NCCc1cn2ccccc2n1. The first kappa shape index (κ1) is 18.1. The number of amides is 1. The van der Waals surface area contributed by atoms with E-state index < -0.39 is 0 Å². The average molecular weight is 396 g/mol. The predicted molar refractivity (Wildman–Crippen MR) is 118 cm³/mol. The number of rotatable bonds is 5. The number of carbonyl (C=O) groups excluding carboxylic acids is 1. The third kappa shape index (κ3) is 3.22. The van der Waals surface area contributed by atoms with Crippen LogP contribution in [0.4, 0.5) is 0 Å². The van der Waals surface area contributed by atoms with Crippen LogP contribution in [-0.4, -0.2) is 26.4 Å². The second-order valence-electron chi connectivity index (χ2n) is 7.25. The number of para-hydroxylation sites is 2. The van der Waals surface area contributed by atoms with Crippen LogP contribution in [0.15, 0.2) is 83.9 Å². The number of carbonyl (C=O) groups is 1. The lowest BCUT2D eigenvalue weighted by atomic mass is 10.1. The zero-order valence-electron chi connectivity index (χ0n) is 16.3. The van der Waals surface area contributed by atoms with Crippen LogP contribution < -0.4 is 10.7 Å². The standard InChI is InChI=1S/C24H20N4O2/c29-23(25-13-12-17-15-27-14-6-5-11-22(27)26-17)16-28-20-9-3-1-7-18(20)24(30)19-8-2-4-10-21(19)28/h1-11,14-15H,12-13,16H2,(H,25,29). The predicted octanol–water partition coefficient (Wildman–Crippen LogP) is 3.16. The van der Waals surface area contributed by atoms with Gasteiger partial charge in [-0.1, -0.05) is 30.3 Å². The molecule has 0 aliphatic rings. The van der Waals surface area contributed by atoms with E-state index in [1.807, 2.05) is 88.1 Å². The highest BCUT2D eigenvalue weighted by molar-refractivity contribution is 5.94. The molecule has 0 saturated heterocycles. The zero-order chi connectivity index (χ0) is 20.5. The van der Waals surface area contributed by atoms with Gasteiger partial charge in [-0.2, -0.15) is 0 Å². The number of aromatic nitrogens is 3. The molecule has 1 amide bonds. The molecule has 5 rings (SSSR count). The molecule has 2 aromatic carbocycles. The normalized spacial score (nSPS) is 11.3. The van der Waals surface area contributed by atoms with Gasteiger partial charge >= 0.3 is 0 Å².